The van der Waals surface area contributed by atoms with Gasteiger partial charge in [0.1, 0.15) is 0 Å². The van der Waals surface area contributed by atoms with E-state index in [1.165, 1.54) is 8.66 Å². The highest BCUT2D eigenvalue weighted by molar-refractivity contribution is 14.1. The number of hydrogen-bond donors (Lipinski definition) is 0. The number of piperazine rings is 1. The maximum Gasteiger partial charge on any atom is 0.253 e. The predicted molar refractivity (Wildman–Crippen MR) is 102 cm³/mol. The molecule has 1 aromatic heterocycles. The van der Waals surface area contributed by atoms with Crippen molar-refractivity contribution in [1.29, 1.82) is 0 Å². The van der Waals surface area contributed by atoms with E-state index in [9.17, 15) is 4.79 Å². The lowest BCUT2D eigenvalue weighted by atomic mass is 10.2. The number of thiophene rings is 1. The third kappa shape index (κ3) is 4.10. The summed E-state index contributed by atoms with van der Waals surface area (Å²) in [6, 6.07) is 12.1. The van der Waals surface area contributed by atoms with Crippen LogP contribution in [-0.2, 0) is 6.54 Å². The zero-order valence-electron chi connectivity index (χ0n) is 12.0. The number of halogens is 2. The Kier molecular flexibility index (Phi) is 5.54. The number of amides is 1. The lowest BCUT2D eigenvalue weighted by Crippen LogP contribution is -2.48. The molecular weight excluding hydrogens is 475 g/mol. The number of hydrogen-bond acceptors (Lipinski definition) is 3. The van der Waals surface area contributed by atoms with Crippen molar-refractivity contribution in [3.8, 4) is 0 Å². The van der Waals surface area contributed by atoms with Gasteiger partial charge >= 0.3 is 0 Å². The van der Waals surface area contributed by atoms with Crippen LogP contribution in [0.3, 0.4) is 0 Å². The van der Waals surface area contributed by atoms with Crippen molar-refractivity contribution in [3.05, 3.63) is 54.2 Å². The maximum atomic E-state index is 12.5. The van der Waals surface area contributed by atoms with E-state index in [0.29, 0.717) is 0 Å². The Hall–Kier alpha value is -0.440. The lowest BCUT2D eigenvalue weighted by Gasteiger charge is -2.34. The SMILES string of the molecule is O=C(c1cccc(I)c1)N1CCN(Cc2ccc(Br)s2)CC1. The lowest BCUT2D eigenvalue weighted by molar-refractivity contribution is 0.0629. The van der Waals surface area contributed by atoms with Gasteiger partial charge in [-0.3, -0.25) is 9.69 Å². The summed E-state index contributed by atoms with van der Waals surface area (Å²) in [5.41, 5.74) is 0.794. The molecule has 0 atom stereocenters. The molecule has 1 fully saturated rings. The maximum absolute atomic E-state index is 12.5. The zero-order valence-corrected chi connectivity index (χ0v) is 16.5. The first-order valence-electron chi connectivity index (χ1n) is 7.13. The summed E-state index contributed by atoms with van der Waals surface area (Å²) in [4.78, 5) is 18.3. The van der Waals surface area contributed by atoms with Crippen LogP contribution in [0, 0.1) is 3.57 Å². The van der Waals surface area contributed by atoms with Crippen LogP contribution >= 0.6 is 49.9 Å². The molecule has 0 radical (unpaired) electrons. The second-order valence-electron chi connectivity index (χ2n) is 5.28. The summed E-state index contributed by atoms with van der Waals surface area (Å²) < 4.78 is 2.28. The van der Waals surface area contributed by atoms with Crippen molar-refractivity contribution >= 4 is 55.8 Å². The predicted octanol–water partition coefficient (Wildman–Crippen LogP) is 4.07. The Balaban J connectivity index is 1.56. The van der Waals surface area contributed by atoms with Crippen LogP contribution < -0.4 is 0 Å². The molecule has 2 aromatic rings. The molecule has 2 heterocycles. The smallest absolute Gasteiger partial charge is 0.253 e. The van der Waals surface area contributed by atoms with Crippen molar-refractivity contribution < 1.29 is 4.79 Å². The molecule has 22 heavy (non-hydrogen) atoms. The summed E-state index contributed by atoms with van der Waals surface area (Å²) in [6.45, 7) is 4.45. The minimum atomic E-state index is 0.150. The van der Waals surface area contributed by atoms with Crippen LogP contribution in [0.4, 0.5) is 0 Å². The van der Waals surface area contributed by atoms with Crippen LogP contribution in [0.15, 0.2) is 40.2 Å². The van der Waals surface area contributed by atoms with Gasteiger partial charge < -0.3 is 4.90 Å². The molecule has 0 saturated carbocycles. The number of nitrogens with zero attached hydrogens (tertiary/aromatic N) is 2. The normalized spacial score (nSPS) is 16.0. The first-order valence-corrected chi connectivity index (χ1v) is 9.82. The van der Waals surface area contributed by atoms with E-state index in [0.717, 1.165) is 41.9 Å². The standard InChI is InChI=1S/C16H16BrIN2OS/c17-15-5-4-14(22-15)11-19-6-8-20(9-7-19)16(21)12-2-1-3-13(18)10-12/h1-5,10H,6-9,11H2. The van der Waals surface area contributed by atoms with Crippen LogP contribution in [-0.4, -0.2) is 41.9 Å². The van der Waals surface area contributed by atoms with Gasteiger partial charge in [0.15, 0.2) is 0 Å². The molecule has 0 aliphatic carbocycles. The first kappa shape index (κ1) is 16.4. The Morgan fingerprint density at radius 1 is 1.18 bits per heavy atom. The topological polar surface area (TPSA) is 23.6 Å². The summed E-state index contributed by atoms with van der Waals surface area (Å²) >= 11 is 7.53. The molecule has 1 saturated heterocycles. The van der Waals surface area contributed by atoms with Crippen molar-refractivity contribution in [2.75, 3.05) is 26.2 Å². The van der Waals surface area contributed by atoms with E-state index >= 15 is 0 Å². The summed E-state index contributed by atoms with van der Waals surface area (Å²) in [5, 5.41) is 0. The van der Waals surface area contributed by atoms with Gasteiger partial charge in [-0.1, -0.05) is 6.07 Å². The van der Waals surface area contributed by atoms with Gasteiger partial charge in [0.25, 0.3) is 5.91 Å². The summed E-state index contributed by atoms with van der Waals surface area (Å²) in [5.74, 6) is 0.150. The van der Waals surface area contributed by atoms with Crippen LogP contribution in [0.25, 0.3) is 0 Å². The molecule has 3 nitrogen and oxygen atoms in total. The number of carbonyl (C=O) groups is 1. The van der Waals surface area contributed by atoms with E-state index in [-0.39, 0.29) is 5.91 Å². The molecule has 1 amide bonds. The Morgan fingerprint density at radius 3 is 2.59 bits per heavy atom. The molecule has 0 N–H and O–H groups in total. The largest absolute Gasteiger partial charge is 0.336 e. The van der Waals surface area contributed by atoms with Crippen LogP contribution in [0.2, 0.25) is 0 Å². The molecule has 116 valence electrons. The third-order valence-corrected chi connectivity index (χ3v) is 6.02. The quantitative estimate of drug-likeness (QED) is 0.605. The minimum absolute atomic E-state index is 0.150. The van der Waals surface area contributed by atoms with Gasteiger partial charge in [0, 0.05) is 46.7 Å². The second-order valence-corrected chi connectivity index (χ2v) is 9.08. The minimum Gasteiger partial charge on any atom is -0.336 e. The Labute approximate surface area is 156 Å². The average molecular weight is 491 g/mol. The Morgan fingerprint density at radius 2 is 1.95 bits per heavy atom. The molecular formula is C16H16BrIN2OS. The van der Waals surface area contributed by atoms with Crippen molar-refractivity contribution in [2.24, 2.45) is 0 Å². The molecule has 1 aliphatic heterocycles. The third-order valence-electron chi connectivity index (χ3n) is 3.74. The summed E-state index contributed by atoms with van der Waals surface area (Å²) in [7, 11) is 0. The van der Waals surface area contributed by atoms with Crippen molar-refractivity contribution in [3.63, 3.8) is 0 Å². The molecule has 6 heteroatoms. The van der Waals surface area contributed by atoms with Crippen LogP contribution in [0.1, 0.15) is 15.2 Å². The molecule has 0 bridgehead atoms. The second kappa shape index (κ2) is 7.42. The monoisotopic (exact) mass is 490 g/mol. The Bertz CT molecular complexity index is 668. The van der Waals surface area contributed by atoms with Crippen molar-refractivity contribution in [1.82, 2.24) is 9.80 Å². The van der Waals surface area contributed by atoms with E-state index in [1.54, 1.807) is 11.3 Å². The van der Waals surface area contributed by atoms with Gasteiger partial charge in [-0.05, 0) is 68.9 Å². The van der Waals surface area contributed by atoms with Gasteiger partial charge in [-0.2, -0.15) is 0 Å². The zero-order chi connectivity index (χ0) is 15.5. The van der Waals surface area contributed by atoms with E-state index in [2.05, 4.69) is 55.6 Å². The van der Waals surface area contributed by atoms with Gasteiger partial charge in [-0.15, -0.1) is 11.3 Å². The highest BCUT2D eigenvalue weighted by Crippen LogP contribution is 2.23. The van der Waals surface area contributed by atoms with Crippen LogP contribution in [0.5, 0.6) is 0 Å². The van der Waals surface area contributed by atoms with Gasteiger partial charge in [-0.25, -0.2) is 0 Å². The van der Waals surface area contributed by atoms with Crippen molar-refractivity contribution in [2.45, 2.75) is 6.54 Å². The van der Waals surface area contributed by atoms with E-state index in [4.69, 9.17) is 0 Å². The number of benzene rings is 1. The highest BCUT2D eigenvalue weighted by Gasteiger charge is 2.22. The summed E-state index contributed by atoms with van der Waals surface area (Å²) in [6.07, 6.45) is 0. The molecule has 0 spiro atoms. The number of rotatable bonds is 3. The van der Waals surface area contributed by atoms with E-state index < -0.39 is 0 Å². The molecule has 0 unspecified atom stereocenters. The fraction of sp³-hybridized carbons (Fsp3) is 0.312. The van der Waals surface area contributed by atoms with Gasteiger partial charge in [0.05, 0.1) is 3.79 Å². The highest BCUT2D eigenvalue weighted by atomic mass is 127. The first-order chi connectivity index (χ1) is 10.6. The molecule has 3 rings (SSSR count). The average Bonchev–Trinajstić information content (AvgIpc) is 2.92. The van der Waals surface area contributed by atoms with E-state index in [1.807, 2.05) is 29.2 Å². The van der Waals surface area contributed by atoms with Gasteiger partial charge in [0.2, 0.25) is 0 Å². The fourth-order valence-corrected chi connectivity index (χ4v) is 4.64. The fourth-order valence-electron chi connectivity index (χ4n) is 2.57. The number of carbonyl (C=O) groups excluding carboxylic acids is 1. The molecule has 1 aromatic carbocycles. The molecule has 1 aliphatic rings.